The first kappa shape index (κ1) is 22.9. The van der Waals surface area contributed by atoms with Crippen LogP contribution in [0.1, 0.15) is 11.5 Å². The van der Waals surface area contributed by atoms with E-state index in [-0.39, 0.29) is 22.1 Å². The molecule has 0 aliphatic carbocycles. The van der Waals surface area contributed by atoms with Crippen LogP contribution in [0.25, 0.3) is 11.4 Å². The summed E-state index contributed by atoms with van der Waals surface area (Å²) < 4.78 is 29.6. The van der Waals surface area contributed by atoms with Crippen LogP contribution in [0.4, 0.5) is 14.9 Å². The van der Waals surface area contributed by atoms with Crippen molar-refractivity contribution in [3.8, 4) is 22.9 Å². The second-order valence-corrected chi connectivity index (χ2v) is 7.04. The maximum Gasteiger partial charge on any atom is 0.434 e. The molecule has 0 aliphatic heterocycles. The zero-order valence-corrected chi connectivity index (χ0v) is 18.4. The molecule has 1 aromatic heterocycles. The van der Waals surface area contributed by atoms with Gasteiger partial charge in [-0.15, -0.1) is 11.8 Å². The number of amides is 1. The van der Waals surface area contributed by atoms with Crippen LogP contribution in [0.15, 0.2) is 50.9 Å². The van der Waals surface area contributed by atoms with E-state index < -0.39 is 17.7 Å². The van der Waals surface area contributed by atoms with Crippen LogP contribution in [0, 0.1) is 12.7 Å². The Morgan fingerprint density at radius 1 is 1.22 bits per heavy atom. The van der Waals surface area contributed by atoms with Crippen molar-refractivity contribution in [1.29, 1.82) is 0 Å². The molecule has 0 fully saturated rings. The van der Waals surface area contributed by atoms with Crippen molar-refractivity contribution in [1.82, 2.24) is 10.1 Å². The Bertz CT molecular complexity index is 1190. The quantitative estimate of drug-likeness (QED) is 0.437. The van der Waals surface area contributed by atoms with E-state index >= 15 is 0 Å². The molecule has 0 unspecified atom stereocenters. The molecular formula is C21H19FN4O5S. The fraction of sp³-hybridized carbons (Fsp3) is 0.190. The third kappa shape index (κ3) is 5.11. The monoisotopic (exact) mass is 458 g/mol. The zero-order chi connectivity index (χ0) is 23.3. The van der Waals surface area contributed by atoms with Crippen molar-refractivity contribution >= 4 is 34.3 Å². The van der Waals surface area contributed by atoms with Crippen LogP contribution in [0.5, 0.6) is 11.5 Å². The average Bonchev–Trinajstić information content (AvgIpc) is 3.24. The van der Waals surface area contributed by atoms with Gasteiger partial charge in [-0.05, 0) is 36.6 Å². The molecule has 11 heteroatoms. The number of aliphatic imine (C=N–C) groups is 2. The van der Waals surface area contributed by atoms with E-state index in [9.17, 15) is 14.3 Å². The topological polar surface area (TPSA) is 119 Å². The lowest BCUT2D eigenvalue weighted by Gasteiger charge is -2.12. The maximum absolute atomic E-state index is 14.9. The molecule has 0 atom stereocenters. The van der Waals surface area contributed by atoms with E-state index in [0.29, 0.717) is 23.0 Å². The minimum Gasteiger partial charge on any atom is -0.505 e. The number of nitrogens with zero attached hydrogens (tertiary/aromatic N) is 4. The van der Waals surface area contributed by atoms with Gasteiger partial charge in [0.05, 0.1) is 19.9 Å². The molecule has 3 aromatic rings. The number of hydrogen-bond acceptors (Lipinski definition) is 9. The second kappa shape index (κ2) is 10.1. The number of rotatable bonds is 5. The molecule has 1 heterocycles. The highest BCUT2D eigenvalue weighted by molar-refractivity contribution is 8.15. The summed E-state index contributed by atoms with van der Waals surface area (Å²) in [6.45, 7) is 1.68. The van der Waals surface area contributed by atoms with Crippen LogP contribution in [0.2, 0.25) is 0 Å². The predicted octanol–water partition coefficient (Wildman–Crippen LogP) is 4.55. The number of halogens is 1. The van der Waals surface area contributed by atoms with Crippen LogP contribution in [0.3, 0.4) is 0 Å². The van der Waals surface area contributed by atoms with Crippen molar-refractivity contribution in [2.45, 2.75) is 6.92 Å². The lowest BCUT2D eigenvalue weighted by atomic mass is 10.1. The highest BCUT2D eigenvalue weighted by Gasteiger charge is 2.21. The van der Waals surface area contributed by atoms with Gasteiger partial charge < -0.3 is 19.1 Å². The fourth-order valence-electron chi connectivity index (χ4n) is 2.65. The Kier molecular flexibility index (Phi) is 7.21. The Hall–Kier alpha value is -3.73. The van der Waals surface area contributed by atoms with Gasteiger partial charge in [0.25, 0.3) is 0 Å². The number of ether oxygens (including phenoxy) is 2. The molecule has 0 saturated heterocycles. The highest BCUT2D eigenvalue weighted by atomic mass is 32.2. The Morgan fingerprint density at radius 3 is 2.50 bits per heavy atom. The van der Waals surface area contributed by atoms with Crippen molar-refractivity contribution in [2.24, 2.45) is 9.98 Å². The Labute approximate surface area is 187 Å². The predicted molar refractivity (Wildman–Crippen MR) is 119 cm³/mol. The maximum atomic E-state index is 14.9. The summed E-state index contributed by atoms with van der Waals surface area (Å²) in [5.74, 6) is -0.517. The summed E-state index contributed by atoms with van der Waals surface area (Å²) >= 11 is 1.06. The first-order chi connectivity index (χ1) is 15.4. The van der Waals surface area contributed by atoms with Crippen molar-refractivity contribution in [2.75, 3.05) is 20.5 Å². The minimum atomic E-state index is -0.935. The smallest absolute Gasteiger partial charge is 0.434 e. The number of benzene rings is 2. The molecule has 0 bridgehead atoms. The molecule has 32 heavy (non-hydrogen) atoms. The van der Waals surface area contributed by atoms with Gasteiger partial charge in [0.2, 0.25) is 11.7 Å². The average molecular weight is 458 g/mol. The molecule has 1 N–H and O–H groups in total. The van der Waals surface area contributed by atoms with Crippen LogP contribution in [-0.4, -0.2) is 52.6 Å². The van der Waals surface area contributed by atoms with E-state index in [1.54, 1.807) is 37.4 Å². The molecular weight excluding hydrogens is 439 g/mol. The number of aromatic nitrogens is 2. The molecule has 0 aliphatic rings. The standard InChI is InChI=1S/C21H19FN4O5S/c1-11-23-19(26-31-11)12-5-7-13(8-6-12)24-18(20(32-4)25-21(28)30-3)15-9-14(29-2)10-16(27)17(15)22/h5-10,27H,1-4H3/b24-18+,25-20-. The number of carbonyl (C=O) groups excluding carboxylic acids is 1. The first-order valence-electron chi connectivity index (χ1n) is 9.13. The molecule has 1 amide bonds. The van der Waals surface area contributed by atoms with E-state index in [2.05, 4.69) is 24.9 Å². The van der Waals surface area contributed by atoms with Gasteiger partial charge >= 0.3 is 6.09 Å². The van der Waals surface area contributed by atoms with Gasteiger partial charge in [-0.1, -0.05) is 5.16 Å². The SMILES string of the molecule is COC(=O)/N=C(SC)/C(=N/c1ccc(-c2noc(C)n2)cc1)c1cc(OC)cc(O)c1F. The van der Waals surface area contributed by atoms with E-state index in [4.69, 9.17) is 9.26 Å². The number of phenolic OH excluding ortho intramolecular Hbond substituents is 1. The molecule has 3 rings (SSSR count). The van der Waals surface area contributed by atoms with Crippen LogP contribution in [-0.2, 0) is 4.74 Å². The van der Waals surface area contributed by atoms with Crippen LogP contribution < -0.4 is 4.74 Å². The number of thioether (sulfide) groups is 1. The third-order valence-electron chi connectivity index (χ3n) is 4.18. The lowest BCUT2D eigenvalue weighted by molar-refractivity contribution is 0.183. The summed E-state index contributed by atoms with van der Waals surface area (Å²) in [6, 6.07) is 9.25. The fourth-order valence-corrected chi connectivity index (χ4v) is 3.17. The number of carbonyl (C=O) groups is 1. The summed E-state index contributed by atoms with van der Waals surface area (Å²) in [7, 11) is 2.56. The van der Waals surface area contributed by atoms with E-state index in [1.165, 1.54) is 20.3 Å². The lowest BCUT2D eigenvalue weighted by Crippen LogP contribution is -2.16. The number of phenols is 1. The zero-order valence-electron chi connectivity index (χ0n) is 17.6. The highest BCUT2D eigenvalue weighted by Crippen LogP contribution is 2.30. The van der Waals surface area contributed by atoms with Crippen LogP contribution >= 0.6 is 11.8 Å². The van der Waals surface area contributed by atoms with E-state index in [0.717, 1.165) is 17.8 Å². The minimum absolute atomic E-state index is 0.0118. The number of aromatic hydroxyl groups is 1. The summed E-state index contributed by atoms with van der Waals surface area (Å²) in [5, 5.41) is 13.9. The van der Waals surface area contributed by atoms with Crippen molar-refractivity contribution < 1.29 is 28.3 Å². The largest absolute Gasteiger partial charge is 0.505 e. The molecule has 0 spiro atoms. The van der Waals surface area contributed by atoms with E-state index in [1.807, 2.05) is 0 Å². The third-order valence-corrected chi connectivity index (χ3v) is 4.85. The second-order valence-electron chi connectivity index (χ2n) is 6.24. The van der Waals surface area contributed by atoms with Gasteiger partial charge in [0, 0.05) is 24.1 Å². The van der Waals surface area contributed by atoms with Gasteiger partial charge in [-0.2, -0.15) is 9.98 Å². The summed E-state index contributed by atoms with van der Waals surface area (Å²) in [6.07, 6.45) is 0.772. The van der Waals surface area contributed by atoms with Gasteiger partial charge in [-0.3, -0.25) is 0 Å². The summed E-state index contributed by atoms with van der Waals surface area (Å²) in [5.41, 5.74) is 1.03. The normalized spacial score (nSPS) is 12.0. The number of methoxy groups -OCH3 is 2. The van der Waals surface area contributed by atoms with Crippen molar-refractivity contribution in [3.05, 3.63) is 53.7 Å². The number of aryl methyl sites for hydroxylation is 1. The summed E-state index contributed by atoms with van der Waals surface area (Å²) in [4.78, 5) is 24.3. The molecule has 166 valence electrons. The van der Waals surface area contributed by atoms with Crippen molar-refractivity contribution in [3.63, 3.8) is 0 Å². The first-order valence-corrected chi connectivity index (χ1v) is 10.4. The van der Waals surface area contributed by atoms with Gasteiger partial charge in [0.1, 0.15) is 16.5 Å². The molecule has 0 radical (unpaired) electrons. The van der Waals surface area contributed by atoms with Gasteiger partial charge in [0.15, 0.2) is 11.6 Å². The number of hydrogen-bond donors (Lipinski definition) is 1. The van der Waals surface area contributed by atoms with Gasteiger partial charge in [-0.25, -0.2) is 14.2 Å². The molecule has 0 saturated carbocycles. The Balaban J connectivity index is 2.14. The molecule has 2 aromatic carbocycles. The molecule has 9 nitrogen and oxygen atoms in total. The Morgan fingerprint density at radius 2 is 1.94 bits per heavy atom.